The van der Waals surface area contributed by atoms with Crippen LogP contribution in [0, 0.1) is 0 Å². The molecule has 10 heteroatoms. The molecule has 28 heavy (non-hydrogen) atoms. The molecule has 0 aliphatic heterocycles. The lowest BCUT2D eigenvalue weighted by Crippen LogP contribution is -2.13. The Morgan fingerprint density at radius 2 is 1.75 bits per heavy atom. The van der Waals surface area contributed by atoms with E-state index in [2.05, 4.69) is 9.97 Å². The van der Waals surface area contributed by atoms with Gasteiger partial charge in [0.2, 0.25) is 10.0 Å². The SMILES string of the molecule is NS(=O)(=O)c1cccc(-c2ccnc(Cc3ccccc3C(F)(F)F)n2)c1Cl. The van der Waals surface area contributed by atoms with Crippen molar-refractivity contribution in [1.82, 2.24) is 9.97 Å². The minimum absolute atomic E-state index is 0.0246. The molecule has 146 valence electrons. The molecule has 3 aromatic rings. The van der Waals surface area contributed by atoms with E-state index in [1.807, 2.05) is 0 Å². The van der Waals surface area contributed by atoms with Crippen LogP contribution >= 0.6 is 11.6 Å². The number of nitrogens with zero attached hydrogens (tertiary/aromatic N) is 2. The third-order valence-electron chi connectivity index (χ3n) is 3.92. The predicted molar refractivity (Wildman–Crippen MR) is 98.1 cm³/mol. The first-order valence-corrected chi connectivity index (χ1v) is 9.78. The van der Waals surface area contributed by atoms with Crippen LogP contribution in [0.5, 0.6) is 0 Å². The van der Waals surface area contributed by atoms with Crippen LogP contribution in [0.15, 0.2) is 59.6 Å². The van der Waals surface area contributed by atoms with Gasteiger partial charge in [0.1, 0.15) is 10.7 Å². The van der Waals surface area contributed by atoms with Crippen LogP contribution < -0.4 is 5.14 Å². The summed E-state index contributed by atoms with van der Waals surface area (Å²) in [5.41, 5.74) is -0.194. The molecule has 0 saturated carbocycles. The summed E-state index contributed by atoms with van der Waals surface area (Å²) >= 11 is 6.16. The monoisotopic (exact) mass is 427 g/mol. The molecule has 1 heterocycles. The van der Waals surface area contributed by atoms with Crippen molar-refractivity contribution in [1.29, 1.82) is 0 Å². The largest absolute Gasteiger partial charge is 0.416 e. The fourth-order valence-corrected chi connectivity index (χ4v) is 3.86. The van der Waals surface area contributed by atoms with Gasteiger partial charge in [0.25, 0.3) is 0 Å². The van der Waals surface area contributed by atoms with Gasteiger partial charge in [0.05, 0.1) is 16.3 Å². The number of halogens is 4. The van der Waals surface area contributed by atoms with Gasteiger partial charge < -0.3 is 0 Å². The number of alkyl halides is 3. The summed E-state index contributed by atoms with van der Waals surface area (Å²) < 4.78 is 62.8. The van der Waals surface area contributed by atoms with E-state index in [0.29, 0.717) is 0 Å². The van der Waals surface area contributed by atoms with Gasteiger partial charge in [-0.15, -0.1) is 0 Å². The second-order valence-corrected chi connectivity index (χ2v) is 7.76. The van der Waals surface area contributed by atoms with Crippen LogP contribution in [-0.2, 0) is 22.6 Å². The van der Waals surface area contributed by atoms with Crippen LogP contribution in [-0.4, -0.2) is 18.4 Å². The average Bonchev–Trinajstić information content (AvgIpc) is 2.61. The standard InChI is InChI=1S/C18H13ClF3N3O2S/c19-17-12(5-3-7-15(17)28(23,26)27)14-8-9-24-16(25-14)10-11-4-1-2-6-13(11)18(20,21)22/h1-9H,10H2,(H2,23,26,27). The molecule has 3 rings (SSSR count). The molecule has 0 radical (unpaired) electrons. The Hall–Kier alpha value is -2.49. The van der Waals surface area contributed by atoms with Gasteiger partial charge in [-0.1, -0.05) is 41.9 Å². The Bertz CT molecular complexity index is 1130. The number of primary sulfonamides is 1. The highest BCUT2D eigenvalue weighted by Gasteiger charge is 2.33. The molecule has 0 aliphatic rings. The van der Waals surface area contributed by atoms with Gasteiger partial charge in [0.15, 0.2) is 0 Å². The fraction of sp³-hybridized carbons (Fsp3) is 0.111. The van der Waals surface area contributed by atoms with Crippen LogP contribution in [0.1, 0.15) is 17.0 Å². The second kappa shape index (κ2) is 7.50. The molecule has 5 nitrogen and oxygen atoms in total. The normalized spacial score (nSPS) is 12.2. The lowest BCUT2D eigenvalue weighted by Gasteiger charge is -2.12. The number of sulfonamides is 1. The van der Waals surface area contributed by atoms with Crippen molar-refractivity contribution >= 4 is 21.6 Å². The number of benzene rings is 2. The molecule has 0 amide bonds. The fourth-order valence-electron chi connectivity index (χ4n) is 2.68. The topological polar surface area (TPSA) is 85.9 Å². The molecule has 0 bridgehead atoms. The molecule has 0 atom stereocenters. The number of hydrogen-bond donors (Lipinski definition) is 1. The van der Waals surface area contributed by atoms with Crippen LogP contribution in [0.25, 0.3) is 11.3 Å². The van der Waals surface area contributed by atoms with E-state index < -0.39 is 21.8 Å². The average molecular weight is 428 g/mol. The predicted octanol–water partition coefficient (Wildman–Crippen LogP) is 4.05. The van der Waals surface area contributed by atoms with Crippen molar-refractivity contribution in [3.8, 4) is 11.3 Å². The zero-order chi connectivity index (χ0) is 20.5. The molecule has 0 aliphatic carbocycles. The summed E-state index contributed by atoms with van der Waals surface area (Å²) in [7, 11) is -4.04. The third kappa shape index (κ3) is 4.32. The van der Waals surface area contributed by atoms with E-state index in [0.717, 1.165) is 6.07 Å². The Kier molecular flexibility index (Phi) is 5.42. The van der Waals surface area contributed by atoms with Crippen molar-refractivity contribution in [2.45, 2.75) is 17.5 Å². The maximum Gasteiger partial charge on any atom is 0.416 e. The molecular formula is C18H13ClF3N3O2S. The highest BCUT2D eigenvalue weighted by atomic mass is 35.5. The minimum atomic E-state index is -4.50. The summed E-state index contributed by atoms with van der Waals surface area (Å²) in [5.74, 6) is 0.131. The number of nitrogens with two attached hydrogens (primary N) is 1. The molecule has 2 N–H and O–H groups in total. The van der Waals surface area contributed by atoms with Gasteiger partial charge in [-0.25, -0.2) is 23.5 Å². The van der Waals surface area contributed by atoms with E-state index >= 15 is 0 Å². The Morgan fingerprint density at radius 3 is 2.43 bits per heavy atom. The summed E-state index contributed by atoms with van der Waals surface area (Å²) in [4.78, 5) is 8.00. The van der Waals surface area contributed by atoms with Crippen LogP contribution in [0.3, 0.4) is 0 Å². The molecule has 0 spiro atoms. The quantitative estimate of drug-likeness (QED) is 0.680. The van der Waals surface area contributed by atoms with Crippen LogP contribution in [0.2, 0.25) is 5.02 Å². The van der Waals surface area contributed by atoms with Gasteiger partial charge in [-0.3, -0.25) is 0 Å². The van der Waals surface area contributed by atoms with Gasteiger partial charge in [0, 0.05) is 18.2 Å². The Balaban J connectivity index is 2.02. The molecule has 0 unspecified atom stereocenters. The number of hydrogen-bond acceptors (Lipinski definition) is 4. The molecule has 0 fully saturated rings. The highest BCUT2D eigenvalue weighted by Crippen LogP contribution is 2.34. The zero-order valence-electron chi connectivity index (χ0n) is 14.1. The van der Waals surface area contributed by atoms with E-state index in [1.165, 1.54) is 48.7 Å². The number of aromatic nitrogens is 2. The Labute approximate surface area is 164 Å². The number of rotatable bonds is 4. The first-order chi connectivity index (χ1) is 13.1. The summed E-state index contributed by atoms with van der Waals surface area (Å²) in [6, 6.07) is 10.9. The Morgan fingerprint density at radius 1 is 1.04 bits per heavy atom. The van der Waals surface area contributed by atoms with Crippen molar-refractivity contribution in [3.63, 3.8) is 0 Å². The van der Waals surface area contributed by atoms with E-state index in [4.69, 9.17) is 16.7 Å². The van der Waals surface area contributed by atoms with Crippen molar-refractivity contribution < 1.29 is 21.6 Å². The minimum Gasteiger partial charge on any atom is -0.241 e. The summed E-state index contributed by atoms with van der Waals surface area (Å²) in [6.45, 7) is 0. The summed E-state index contributed by atoms with van der Waals surface area (Å²) in [6.07, 6.45) is -3.29. The molecule has 0 saturated heterocycles. The second-order valence-electron chi connectivity index (χ2n) is 5.85. The first kappa shape index (κ1) is 20.2. The maximum absolute atomic E-state index is 13.2. The first-order valence-electron chi connectivity index (χ1n) is 7.86. The van der Waals surface area contributed by atoms with Crippen LogP contribution in [0.4, 0.5) is 13.2 Å². The molecular weight excluding hydrogens is 415 g/mol. The van der Waals surface area contributed by atoms with Crippen molar-refractivity contribution in [2.75, 3.05) is 0 Å². The smallest absolute Gasteiger partial charge is 0.241 e. The summed E-state index contributed by atoms with van der Waals surface area (Å²) in [5, 5.41) is 5.02. The van der Waals surface area contributed by atoms with Gasteiger partial charge in [-0.05, 0) is 23.8 Å². The zero-order valence-corrected chi connectivity index (χ0v) is 15.7. The third-order valence-corrected chi connectivity index (χ3v) is 5.40. The van der Waals surface area contributed by atoms with E-state index in [1.54, 1.807) is 0 Å². The highest BCUT2D eigenvalue weighted by molar-refractivity contribution is 7.89. The maximum atomic E-state index is 13.2. The lowest BCUT2D eigenvalue weighted by atomic mass is 10.0. The van der Waals surface area contributed by atoms with Crippen molar-refractivity contribution in [2.24, 2.45) is 5.14 Å². The van der Waals surface area contributed by atoms with Gasteiger partial charge >= 0.3 is 6.18 Å². The van der Waals surface area contributed by atoms with E-state index in [9.17, 15) is 21.6 Å². The lowest BCUT2D eigenvalue weighted by molar-refractivity contribution is -0.138. The molecule has 2 aromatic carbocycles. The molecule has 1 aromatic heterocycles. The van der Waals surface area contributed by atoms with Crippen molar-refractivity contribution in [3.05, 3.63) is 76.7 Å². The van der Waals surface area contributed by atoms with E-state index in [-0.39, 0.29) is 39.0 Å². The van der Waals surface area contributed by atoms with Gasteiger partial charge in [-0.2, -0.15) is 13.2 Å².